The van der Waals surface area contributed by atoms with Gasteiger partial charge in [0.2, 0.25) is 10.0 Å². The predicted molar refractivity (Wildman–Crippen MR) is 116 cm³/mol. The van der Waals surface area contributed by atoms with Crippen molar-refractivity contribution in [3.8, 4) is 16.9 Å². The van der Waals surface area contributed by atoms with Crippen LogP contribution in [-0.4, -0.2) is 32.9 Å². The molecule has 0 saturated heterocycles. The molecule has 0 aliphatic rings. The van der Waals surface area contributed by atoms with E-state index in [1.54, 1.807) is 65.0 Å². The molecule has 0 heterocycles. The van der Waals surface area contributed by atoms with E-state index in [1.165, 1.54) is 0 Å². The number of nitrogens with two attached hydrogens (primary N) is 1. The summed E-state index contributed by atoms with van der Waals surface area (Å²) in [5.41, 5.74) is 1.65. The fourth-order valence-electron chi connectivity index (χ4n) is 2.93. The van der Waals surface area contributed by atoms with Crippen LogP contribution in [0.25, 0.3) is 11.1 Å². The van der Waals surface area contributed by atoms with Crippen LogP contribution in [0.5, 0.6) is 5.75 Å². The Morgan fingerprint density at radius 3 is 2.03 bits per heavy atom. The van der Waals surface area contributed by atoms with Crippen molar-refractivity contribution in [3.63, 3.8) is 0 Å². The summed E-state index contributed by atoms with van der Waals surface area (Å²) in [4.78, 5) is 0.296. The smallest absolute Gasteiger partial charge is 0.214 e. The van der Waals surface area contributed by atoms with Crippen molar-refractivity contribution < 1.29 is 21.6 Å². The van der Waals surface area contributed by atoms with Crippen LogP contribution in [0, 0.1) is 0 Å². The molecule has 0 bridgehead atoms. The monoisotopic (exact) mass is 439 g/mol. The number of benzene rings is 2. The van der Waals surface area contributed by atoms with Gasteiger partial charge in [0.05, 0.1) is 21.0 Å². The number of rotatable bonds is 8. The standard InChI is InChI=1S/C21H29NO5S2/c1-15(2)28(23,24)20-8-6-7-18(13-20)17-9-11-19(12-10-17)27-16(3)14-21(4,5)29(22,25)26/h6-13,15-16H,14H2,1-5H3,(H2,22,25,26)/t16-/m0/s1. The van der Waals surface area contributed by atoms with Crippen LogP contribution >= 0.6 is 0 Å². The maximum absolute atomic E-state index is 12.4. The minimum Gasteiger partial charge on any atom is -0.491 e. The van der Waals surface area contributed by atoms with Gasteiger partial charge in [0.15, 0.2) is 9.84 Å². The van der Waals surface area contributed by atoms with Crippen LogP contribution in [0.15, 0.2) is 53.4 Å². The van der Waals surface area contributed by atoms with Crippen LogP contribution in [-0.2, 0) is 19.9 Å². The summed E-state index contributed by atoms with van der Waals surface area (Å²) in [6.07, 6.45) is -0.100. The predicted octanol–water partition coefficient (Wildman–Crippen LogP) is 3.76. The summed E-state index contributed by atoms with van der Waals surface area (Å²) in [6.45, 7) is 8.26. The second-order valence-electron chi connectivity index (χ2n) is 8.08. The highest BCUT2D eigenvalue weighted by Crippen LogP contribution is 2.28. The molecule has 0 unspecified atom stereocenters. The quantitative estimate of drug-likeness (QED) is 0.674. The molecular formula is C21H29NO5S2. The van der Waals surface area contributed by atoms with Crippen molar-refractivity contribution in [1.29, 1.82) is 0 Å². The Labute approximate surface area is 174 Å². The number of sulfone groups is 1. The summed E-state index contributed by atoms with van der Waals surface area (Å²) in [5, 5.41) is 4.79. The van der Waals surface area contributed by atoms with Crippen LogP contribution in [0.4, 0.5) is 0 Å². The normalized spacial score (nSPS) is 14.0. The zero-order valence-corrected chi connectivity index (χ0v) is 19.0. The summed E-state index contributed by atoms with van der Waals surface area (Å²) < 4.78 is 52.9. The van der Waals surface area contributed by atoms with E-state index in [-0.39, 0.29) is 12.5 Å². The van der Waals surface area contributed by atoms with Crippen molar-refractivity contribution in [2.45, 2.75) is 62.0 Å². The Morgan fingerprint density at radius 2 is 1.52 bits per heavy atom. The first-order valence-corrected chi connectivity index (χ1v) is 12.5. The summed E-state index contributed by atoms with van der Waals surface area (Å²) in [6, 6.07) is 14.1. The second-order valence-corrected chi connectivity index (χ2v) is 12.8. The van der Waals surface area contributed by atoms with Crippen molar-refractivity contribution >= 4 is 19.9 Å². The molecule has 2 aromatic rings. The van der Waals surface area contributed by atoms with Gasteiger partial charge in [-0.25, -0.2) is 22.0 Å². The lowest BCUT2D eigenvalue weighted by Crippen LogP contribution is -2.41. The average Bonchev–Trinajstić information content (AvgIpc) is 2.60. The molecule has 0 radical (unpaired) electrons. The lowest BCUT2D eigenvalue weighted by atomic mass is 10.1. The summed E-state index contributed by atoms with van der Waals surface area (Å²) in [7, 11) is -7.03. The Hall–Kier alpha value is -1.90. The van der Waals surface area contributed by atoms with Gasteiger partial charge >= 0.3 is 0 Å². The van der Waals surface area contributed by atoms with Gasteiger partial charge in [-0.3, -0.25) is 0 Å². The first-order chi connectivity index (χ1) is 13.2. The summed E-state index contributed by atoms with van der Waals surface area (Å²) in [5.74, 6) is 0.595. The van der Waals surface area contributed by atoms with Crippen molar-refractivity contribution in [2.24, 2.45) is 5.14 Å². The highest BCUT2D eigenvalue weighted by atomic mass is 32.2. The minimum absolute atomic E-state index is 0.253. The molecule has 0 amide bonds. The number of primary sulfonamides is 1. The highest BCUT2D eigenvalue weighted by molar-refractivity contribution is 7.92. The fourth-order valence-corrected chi connectivity index (χ4v) is 4.50. The first kappa shape index (κ1) is 23.4. The lowest BCUT2D eigenvalue weighted by molar-refractivity contribution is 0.197. The Balaban J connectivity index is 2.17. The molecular weight excluding hydrogens is 410 g/mol. The lowest BCUT2D eigenvalue weighted by Gasteiger charge is -2.26. The number of hydrogen-bond donors (Lipinski definition) is 1. The van der Waals surface area contributed by atoms with E-state index in [2.05, 4.69) is 0 Å². The van der Waals surface area contributed by atoms with Gasteiger partial charge < -0.3 is 4.74 Å². The third kappa shape index (κ3) is 5.58. The van der Waals surface area contributed by atoms with Gasteiger partial charge in [-0.15, -0.1) is 0 Å². The van der Waals surface area contributed by atoms with Gasteiger partial charge in [-0.1, -0.05) is 24.3 Å². The highest BCUT2D eigenvalue weighted by Gasteiger charge is 2.33. The summed E-state index contributed by atoms with van der Waals surface area (Å²) >= 11 is 0. The van der Waals surface area contributed by atoms with Gasteiger partial charge in [-0.05, 0) is 70.0 Å². The first-order valence-electron chi connectivity index (χ1n) is 9.37. The average molecular weight is 440 g/mol. The molecule has 0 aliphatic heterocycles. The fraction of sp³-hybridized carbons (Fsp3) is 0.429. The van der Waals surface area contributed by atoms with Crippen LogP contribution < -0.4 is 9.88 Å². The van der Waals surface area contributed by atoms with E-state index in [0.717, 1.165) is 11.1 Å². The second kappa shape index (κ2) is 8.45. The van der Waals surface area contributed by atoms with Crippen LogP contribution in [0.1, 0.15) is 41.0 Å². The molecule has 2 aromatic carbocycles. The molecule has 2 rings (SSSR count). The Bertz CT molecular complexity index is 1060. The van der Waals surface area contributed by atoms with E-state index < -0.39 is 29.9 Å². The maximum Gasteiger partial charge on any atom is 0.214 e. The maximum atomic E-state index is 12.4. The van der Waals surface area contributed by atoms with Crippen molar-refractivity contribution in [2.75, 3.05) is 0 Å². The molecule has 160 valence electrons. The van der Waals surface area contributed by atoms with Crippen LogP contribution in [0.3, 0.4) is 0 Å². The van der Waals surface area contributed by atoms with E-state index >= 15 is 0 Å². The third-order valence-corrected chi connectivity index (χ3v) is 8.72. The molecule has 2 N–H and O–H groups in total. The topological polar surface area (TPSA) is 104 Å². The Kier molecular flexibility index (Phi) is 6.82. The van der Waals surface area contributed by atoms with E-state index in [0.29, 0.717) is 10.6 Å². The molecule has 8 heteroatoms. The molecule has 6 nitrogen and oxygen atoms in total. The zero-order valence-electron chi connectivity index (χ0n) is 17.4. The molecule has 29 heavy (non-hydrogen) atoms. The van der Waals surface area contributed by atoms with Gasteiger partial charge in [0, 0.05) is 6.42 Å². The van der Waals surface area contributed by atoms with E-state index in [1.807, 2.05) is 18.2 Å². The van der Waals surface area contributed by atoms with E-state index in [9.17, 15) is 16.8 Å². The van der Waals surface area contributed by atoms with Crippen LogP contribution in [0.2, 0.25) is 0 Å². The zero-order chi connectivity index (χ0) is 22.0. The largest absolute Gasteiger partial charge is 0.491 e. The molecule has 0 fully saturated rings. The van der Waals surface area contributed by atoms with Crippen molar-refractivity contribution in [1.82, 2.24) is 0 Å². The number of hydrogen-bond acceptors (Lipinski definition) is 5. The third-order valence-electron chi connectivity index (χ3n) is 4.86. The molecule has 0 spiro atoms. The molecule has 0 aliphatic carbocycles. The van der Waals surface area contributed by atoms with Gasteiger partial charge in [0.1, 0.15) is 5.75 Å². The van der Waals surface area contributed by atoms with E-state index in [4.69, 9.17) is 9.88 Å². The number of sulfonamides is 1. The van der Waals surface area contributed by atoms with Gasteiger partial charge in [-0.2, -0.15) is 0 Å². The number of ether oxygens (including phenoxy) is 1. The SMILES string of the molecule is CC(C)S(=O)(=O)c1cccc(-c2ccc(O[C@@H](C)CC(C)(C)S(N)(=O)=O)cc2)c1. The Morgan fingerprint density at radius 1 is 0.931 bits per heavy atom. The molecule has 0 saturated carbocycles. The van der Waals surface area contributed by atoms with Crippen molar-refractivity contribution in [3.05, 3.63) is 48.5 Å². The minimum atomic E-state index is -3.68. The van der Waals surface area contributed by atoms with Gasteiger partial charge in [0.25, 0.3) is 0 Å². The molecule has 0 aromatic heterocycles. The molecule has 1 atom stereocenters.